The molecule has 0 radical (unpaired) electrons. The van der Waals surface area contributed by atoms with Gasteiger partial charge in [0.2, 0.25) is 5.69 Å². The zero-order valence-corrected chi connectivity index (χ0v) is 13.8. The molecule has 0 amide bonds. The lowest BCUT2D eigenvalue weighted by Crippen LogP contribution is -2.35. The third-order valence-corrected chi connectivity index (χ3v) is 4.48. The minimum absolute atomic E-state index is 0.0898. The highest BCUT2D eigenvalue weighted by molar-refractivity contribution is 5.96. The van der Waals surface area contributed by atoms with E-state index in [-0.39, 0.29) is 6.17 Å². The maximum absolute atomic E-state index is 7.54. The molecule has 3 rings (SSSR count). The summed E-state index contributed by atoms with van der Waals surface area (Å²) in [6, 6.07) is 9.93. The van der Waals surface area contributed by atoms with Crippen LogP contribution in [0.1, 0.15) is 18.1 Å². The lowest BCUT2D eigenvalue weighted by Gasteiger charge is -2.30. The van der Waals surface area contributed by atoms with Gasteiger partial charge in [0.1, 0.15) is 6.17 Å². The van der Waals surface area contributed by atoms with Gasteiger partial charge in [-0.2, -0.15) is 0 Å². The SMILES string of the molecule is [C-]#[N+]c1cc([N+]#[C-])c2c(c1)N(C)[C@H](C)N2c1cc(C)ccc1C. The summed E-state index contributed by atoms with van der Waals surface area (Å²) in [5.74, 6) is 0. The van der Waals surface area contributed by atoms with Gasteiger partial charge in [-0.3, -0.25) is 0 Å². The zero-order valence-electron chi connectivity index (χ0n) is 13.8. The minimum atomic E-state index is 0.0898. The molecular formula is C19H18N4. The molecular weight excluding hydrogens is 284 g/mol. The molecule has 2 aromatic carbocycles. The Morgan fingerprint density at radius 1 is 1.00 bits per heavy atom. The second-order valence-corrected chi connectivity index (χ2v) is 5.96. The first-order valence-corrected chi connectivity index (χ1v) is 7.50. The van der Waals surface area contributed by atoms with E-state index in [4.69, 9.17) is 13.1 Å². The van der Waals surface area contributed by atoms with Gasteiger partial charge >= 0.3 is 0 Å². The molecule has 4 heteroatoms. The Bertz CT molecular complexity index is 870. The highest BCUT2D eigenvalue weighted by atomic mass is 15.4. The van der Waals surface area contributed by atoms with E-state index in [0.29, 0.717) is 11.4 Å². The molecule has 4 nitrogen and oxygen atoms in total. The highest BCUT2D eigenvalue weighted by Gasteiger charge is 2.34. The van der Waals surface area contributed by atoms with Crippen molar-refractivity contribution in [2.45, 2.75) is 26.9 Å². The van der Waals surface area contributed by atoms with Crippen molar-refractivity contribution in [2.75, 3.05) is 16.8 Å². The second kappa shape index (κ2) is 5.34. The molecule has 0 unspecified atom stereocenters. The molecule has 0 aromatic heterocycles. The third-order valence-electron chi connectivity index (χ3n) is 4.48. The number of rotatable bonds is 1. The molecule has 0 bridgehead atoms. The average Bonchev–Trinajstić information content (AvgIpc) is 2.80. The molecule has 1 atom stereocenters. The molecule has 1 heterocycles. The number of anilines is 3. The topological polar surface area (TPSA) is 15.2 Å². The molecule has 1 aliphatic heterocycles. The molecule has 0 spiro atoms. The van der Waals surface area contributed by atoms with Gasteiger partial charge in [-0.15, -0.1) is 0 Å². The first kappa shape index (κ1) is 14.9. The smallest absolute Gasteiger partial charge is 0.202 e. The molecule has 0 saturated heterocycles. The van der Waals surface area contributed by atoms with E-state index < -0.39 is 0 Å². The molecule has 0 N–H and O–H groups in total. The average molecular weight is 302 g/mol. The number of hydrogen-bond donors (Lipinski definition) is 0. The van der Waals surface area contributed by atoms with Crippen LogP contribution in [0.5, 0.6) is 0 Å². The lowest BCUT2D eigenvalue weighted by molar-refractivity contribution is 0.733. The fourth-order valence-electron chi connectivity index (χ4n) is 3.12. The summed E-state index contributed by atoms with van der Waals surface area (Å²) in [5.41, 5.74) is 6.37. The molecule has 0 aliphatic carbocycles. The largest absolute Gasteiger partial charge is 0.355 e. The van der Waals surface area contributed by atoms with Crippen molar-refractivity contribution in [3.05, 3.63) is 64.3 Å². The van der Waals surface area contributed by atoms with Gasteiger partial charge in [-0.1, -0.05) is 12.1 Å². The second-order valence-electron chi connectivity index (χ2n) is 5.96. The first-order chi connectivity index (χ1) is 11.0. The maximum atomic E-state index is 7.54. The van der Waals surface area contributed by atoms with Crippen LogP contribution in [0.4, 0.5) is 28.4 Å². The molecule has 23 heavy (non-hydrogen) atoms. The Morgan fingerprint density at radius 2 is 1.74 bits per heavy atom. The van der Waals surface area contributed by atoms with Crippen molar-refractivity contribution in [2.24, 2.45) is 0 Å². The van der Waals surface area contributed by atoms with E-state index in [1.165, 1.54) is 11.1 Å². The van der Waals surface area contributed by atoms with Gasteiger partial charge in [-0.25, -0.2) is 9.69 Å². The summed E-state index contributed by atoms with van der Waals surface area (Å²) >= 11 is 0. The van der Waals surface area contributed by atoms with Crippen molar-refractivity contribution in [1.29, 1.82) is 0 Å². The lowest BCUT2D eigenvalue weighted by atomic mass is 10.1. The predicted octanol–water partition coefficient (Wildman–Crippen LogP) is 5.34. The van der Waals surface area contributed by atoms with Crippen molar-refractivity contribution in [3.63, 3.8) is 0 Å². The Hall–Kier alpha value is -2.98. The standard InChI is InChI=1S/C19H18N4/c1-12-7-8-13(2)17(9-12)23-14(3)22(6)18-11-15(20-4)10-16(21-5)19(18)23/h7-11,14H,1-3,6H3/t14-/m0/s1. The van der Waals surface area contributed by atoms with Gasteiger partial charge in [0.15, 0.2) is 5.69 Å². The Kier molecular flexibility index (Phi) is 3.47. The molecule has 114 valence electrons. The molecule has 0 saturated carbocycles. The van der Waals surface area contributed by atoms with Crippen LogP contribution in [-0.4, -0.2) is 13.2 Å². The predicted molar refractivity (Wildman–Crippen MR) is 94.9 cm³/mol. The summed E-state index contributed by atoms with van der Waals surface area (Å²) in [5, 5.41) is 0. The highest BCUT2D eigenvalue weighted by Crippen LogP contribution is 2.51. The van der Waals surface area contributed by atoms with E-state index >= 15 is 0 Å². The number of nitrogens with zero attached hydrogens (tertiary/aromatic N) is 4. The number of aryl methyl sites for hydroxylation is 2. The van der Waals surface area contributed by atoms with Gasteiger partial charge in [0, 0.05) is 18.4 Å². The van der Waals surface area contributed by atoms with Crippen molar-refractivity contribution in [1.82, 2.24) is 0 Å². The minimum Gasteiger partial charge on any atom is -0.355 e. The van der Waals surface area contributed by atoms with Crippen molar-refractivity contribution in [3.8, 4) is 0 Å². The van der Waals surface area contributed by atoms with Crippen LogP contribution in [0.25, 0.3) is 9.69 Å². The van der Waals surface area contributed by atoms with Gasteiger partial charge in [-0.05, 0) is 50.1 Å². The van der Waals surface area contributed by atoms with Gasteiger partial charge < -0.3 is 9.80 Å². The van der Waals surface area contributed by atoms with E-state index in [2.05, 4.69) is 58.5 Å². The summed E-state index contributed by atoms with van der Waals surface area (Å²) in [4.78, 5) is 11.5. The quantitative estimate of drug-likeness (QED) is 0.661. The fraction of sp³-hybridized carbons (Fsp3) is 0.263. The van der Waals surface area contributed by atoms with E-state index in [9.17, 15) is 0 Å². The van der Waals surface area contributed by atoms with E-state index in [1.54, 1.807) is 6.07 Å². The van der Waals surface area contributed by atoms with Crippen LogP contribution < -0.4 is 9.80 Å². The summed E-state index contributed by atoms with van der Waals surface area (Å²) in [7, 11) is 2.01. The van der Waals surface area contributed by atoms with Crippen LogP contribution in [0.15, 0.2) is 30.3 Å². The first-order valence-electron chi connectivity index (χ1n) is 7.50. The molecule has 1 aliphatic rings. The number of fused-ring (bicyclic) bond motifs is 1. The van der Waals surface area contributed by atoms with E-state index in [0.717, 1.165) is 17.1 Å². The normalized spacial score (nSPS) is 16.0. The van der Waals surface area contributed by atoms with Crippen molar-refractivity contribution >= 4 is 28.4 Å². The summed E-state index contributed by atoms with van der Waals surface area (Å²) < 4.78 is 0. The zero-order chi connectivity index (χ0) is 16.7. The van der Waals surface area contributed by atoms with Crippen LogP contribution in [0.2, 0.25) is 0 Å². The summed E-state index contributed by atoms with van der Waals surface area (Å²) in [6.45, 7) is 21.1. The van der Waals surface area contributed by atoms with Crippen LogP contribution in [0.3, 0.4) is 0 Å². The Morgan fingerprint density at radius 3 is 2.39 bits per heavy atom. The van der Waals surface area contributed by atoms with Gasteiger partial charge in [0.25, 0.3) is 0 Å². The monoisotopic (exact) mass is 302 g/mol. The third kappa shape index (κ3) is 2.20. The fourth-order valence-corrected chi connectivity index (χ4v) is 3.12. The van der Waals surface area contributed by atoms with E-state index in [1.807, 2.05) is 13.1 Å². The van der Waals surface area contributed by atoms with Crippen molar-refractivity contribution < 1.29 is 0 Å². The van der Waals surface area contributed by atoms with Crippen LogP contribution >= 0.6 is 0 Å². The maximum Gasteiger partial charge on any atom is 0.202 e. The molecule has 2 aromatic rings. The number of hydrogen-bond acceptors (Lipinski definition) is 2. The van der Waals surface area contributed by atoms with Gasteiger partial charge in [0.05, 0.1) is 18.8 Å². The number of benzene rings is 2. The molecule has 0 fully saturated rings. The van der Waals surface area contributed by atoms with Crippen LogP contribution in [-0.2, 0) is 0 Å². The Balaban J connectivity index is 2.30. The Labute approximate surface area is 137 Å². The van der Waals surface area contributed by atoms with Crippen LogP contribution in [0, 0.1) is 27.0 Å². The summed E-state index contributed by atoms with van der Waals surface area (Å²) in [6.07, 6.45) is 0.0898.